The van der Waals surface area contributed by atoms with Crippen molar-refractivity contribution in [1.82, 2.24) is 9.55 Å². The van der Waals surface area contributed by atoms with Crippen LogP contribution < -0.4 is 10.7 Å². The van der Waals surface area contributed by atoms with E-state index in [9.17, 15) is 0 Å². The molecule has 2 aliphatic carbocycles. The summed E-state index contributed by atoms with van der Waals surface area (Å²) in [5.41, 5.74) is 4.31. The molecule has 1 aromatic carbocycles. The molecule has 0 saturated heterocycles. The molecule has 2 nitrogen and oxygen atoms in total. The molecule has 0 radical (unpaired) electrons. The third-order valence-corrected chi connectivity index (χ3v) is 8.15. The van der Waals surface area contributed by atoms with Crippen LogP contribution in [0.25, 0.3) is 11.6 Å². The van der Waals surface area contributed by atoms with E-state index in [0.29, 0.717) is 0 Å². The molecule has 0 saturated carbocycles. The van der Waals surface area contributed by atoms with E-state index in [1.165, 1.54) is 97.4 Å². The first kappa shape index (κ1) is 30.5. The number of aromatic nitrogens is 2. The number of hydrogen-bond donors (Lipinski definition) is 0. The Morgan fingerprint density at radius 3 is 2.29 bits per heavy atom. The molecule has 0 spiro atoms. The quantitative estimate of drug-likeness (QED) is 0.250. The van der Waals surface area contributed by atoms with Crippen molar-refractivity contribution in [2.45, 2.75) is 124 Å². The minimum absolute atomic E-state index is 0.805. The van der Waals surface area contributed by atoms with Gasteiger partial charge in [-0.05, 0) is 87.5 Å². The lowest BCUT2D eigenvalue weighted by Crippen LogP contribution is -2.34. The molecule has 0 aliphatic heterocycles. The molecule has 208 valence electrons. The Morgan fingerprint density at radius 1 is 0.868 bits per heavy atom. The maximum atomic E-state index is 6.04. The molecule has 0 fully saturated rings. The number of fused-ring (bicyclic) bond motifs is 1. The van der Waals surface area contributed by atoms with E-state index in [1.54, 1.807) is 0 Å². The minimum Gasteiger partial charge on any atom is -0.328 e. The zero-order valence-corrected chi connectivity index (χ0v) is 25.3. The number of hydrogen-bond acceptors (Lipinski definition) is 1. The predicted molar refractivity (Wildman–Crippen MR) is 167 cm³/mol. The van der Waals surface area contributed by atoms with Gasteiger partial charge < -0.3 is 4.57 Å². The third-order valence-electron chi connectivity index (χ3n) is 7.90. The fourth-order valence-electron chi connectivity index (χ4n) is 5.86. The standard InChI is InChI=1S/C26H37ClN2.C9H14/c1-4-8-21(9-5-2)11-7-19-29-24-12-6-10-20(3)26(24)28-25(29)18-15-22-13-16-23(27)17-14-22;1-2-6-9-7-4-3-5-8-9/h12-14,16-17,21H,4-11,15,18-19H2,1-3H3;4,7-8H,2-3,5-6H2,1H3. The summed E-state index contributed by atoms with van der Waals surface area (Å²) in [6, 6.07) is 8.25. The van der Waals surface area contributed by atoms with E-state index in [2.05, 4.69) is 68.7 Å². The number of rotatable bonds is 13. The van der Waals surface area contributed by atoms with Crippen molar-refractivity contribution in [3.8, 4) is 0 Å². The Morgan fingerprint density at radius 2 is 1.63 bits per heavy atom. The van der Waals surface area contributed by atoms with Crippen LogP contribution in [0.15, 0.2) is 48.1 Å². The molecule has 0 bridgehead atoms. The summed E-state index contributed by atoms with van der Waals surface area (Å²) in [5, 5.41) is 3.43. The van der Waals surface area contributed by atoms with Crippen LogP contribution in [0.3, 0.4) is 0 Å². The molecule has 38 heavy (non-hydrogen) atoms. The van der Waals surface area contributed by atoms with Crippen LogP contribution in [0.5, 0.6) is 0 Å². The maximum Gasteiger partial charge on any atom is 0.110 e. The highest BCUT2D eigenvalue weighted by Gasteiger charge is 2.14. The zero-order chi connectivity index (χ0) is 27.2. The fourth-order valence-corrected chi connectivity index (χ4v) is 5.98. The Labute approximate surface area is 237 Å². The van der Waals surface area contributed by atoms with Gasteiger partial charge in [0.1, 0.15) is 5.82 Å². The molecule has 0 unspecified atom stereocenters. The smallest absolute Gasteiger partial charge is 0.110 e. The fraction of sp³-hybridized carbons (Fsp3) is 0.571. The van der Waals surface area contributed by atoms with E-state index in [1.807, 2.05) is 12.1 Å². The molecule has 1 heterocycles. The monoisotopic (exact) mass is 534 g/mol. The Bertz CT molecular complexity index is 1140. The van der Waals surface area contributed by atoms with Crippen LogP contribution in [0.2, 0.25) is 5.02 Å². The number of aryl methyl sites for hydroxylation is 2. The highest BCUT2D eigenvalue weighted by atomic mass is 35.5. The first-order chi connectivity index (χ1) is 18.5. The second-order valence-corrected chi connectivity index (χ2v) is 11.6. The average Bonchev–Trinajstić information content (AvgIpc) is 3.28. The van der Waals surface area contributed by atoms with Gasteiger partial charge in [0, 0.05) is 18.0 Å². The van der Waals surface area contributed by atoms with E-state index in [-0.39, 0.29) is 0 Å². The molecule has 0 amide bonds. The van der Waals surface area contributed by atoms with Gasteiger partial charge in [-0.2, -0.15) is 0 Å². The van der Waals surface area contributed by atoms with Crippen LogP contribution in [0.4, 0.5) is 0 Å². The Kier molecular flexibility index (Phi) is 13.5. The lowest BCUT2D eigenvalue weighted by atomic mass is 9.93. The third kappa shape index (κ3) is 9.60. The van der Waals surface area contributed by atoms with Gasteiger partial charge >= 0.3 is 0 Å². The molecule has 1 aromatic heterocycles. The SMILES string of the molecule is CCCC(CCC)CCCn1c(CCc2ccc(Cl)cc2)nc2c1=CCCC=2C.CCCC1=CCCC=C1. The predicted octanol–water partition coefficient (Wildman–Crippen LogP) is 9.13. The second-order valence-electron chi connectivity index (χ2n) is 11.2. The average molecular weight is 535 g/mol. The summed E-state index contributed by atoms with van der Waals surface area (Å²) in [4.78, 5) is 5.10. The van der Waals surface area contributed by atoms with Crippen molar-refractivity contribution in [3.05, 3.63) is 75.2 Å². The van der Waals surface area contributed by atoms with Gasteiger partial charge in [0.2, 0.25) is 0 Å². The highest BCUT2D eigenvalue weighted by molar-refractivity contribution is 6.30. The van der Waals surface area contributed by atoms with Crippen LogP contribution in [-0.4, -0.2) is 9.55 Å². The van der Waals surface area contributed by atoms with E-state index < -0.39 is 0 Å². The molecule has 0 atom stereocenters. The van der Waals surface area contributed by atoms with Crippen molar-refractivity contribution in [2.75, 3.05) is 0 Å². The molecule has 2 aliphatic rings. The van der Waals surface area contributed by atoms with Crippen LogP contribution in [0, 0.1) is 5.92 Å². The maximum absolute atomic E-state index is 6.04. The largest absolute Gasteiger partial charge is 0.328 e. The van der Waals surface area contributed by atoms with Crippen molar-refractivity contribution in [1.29, 1.82) is 0 Å². The van der Waals surface area contributed by atoms with Gasteiger partial charge in [-0.15, -0.1) is 0 Å². The summed E-state index contributed by atoms with van der Waals surface area (Å²) in [6.45, 7) is 10.2. The molecule has 2 aromatic rings. The van der Waals surface area contributed by atoms with Crippen molar-refractivity contribution < 1.29 is 0 Å². The van der Waals surface area contributed by atoms with Gasteiger partial charge in [-0.25, -0.2) is 4.98 Å². The summed E-state index contributed by atoms with van der Waals surface area (Å²) in [5.74, 6) is 2.14. The second kappa shape index (κ2) is 16.8. The van der Waals surface area contributed by atoms with Crippen molar-refractivity contribution in [3.63, 3.8) is 0 Å². The first-order valence-corrected chi connectivity index (χ1v) is 15.8. The van der Waals surface area contributed by atoms with Crippen LogP contribution >= 0.6 is 11.6 Å². The van der Waals surface area contributed by atoms with Gasteiger partial charge in [0.25, 0.3) is 0 Å². The van der Waals surface area contributed by atoms with E-state index in [4.69, 9.17) is 16.6 Å². The van der Waals surface area contributed by atoms with Crippen molar-refractivity contribution in [2.24, 2.45) is 5.92 Å². The van der Waals surface area contributed by atoms with E-state index in [0.717, 1.165) is 43.2 Å². The Hall–Kier alpha value is -2.06. The first-order valence-electron chi connectivity index (χ1n) is 15.4. The molecule has 0 N–H and O–H groups in total. The molecular formula is C35H51ClN2. The number of halogens is 1. The number of imidazole rings is 1. The lowest BCUT2D eigenvalue weighted by molar-refractivity contribution is 0.385. The highest BCUT2D eigenvalue weighted by Crippen LogP contribution is 2.20. The molecule has 4 rings (SSSR count). The zero-order valence-electron chi connectivity index (χ0n) is 24.6. The summed E-state index contributed by atoms with van der Waals surface area (Å²) < 4.78 is 2.53. The number of nitrogens with zero attached hydrogens (tertiary/aromatic N) is 2. The van der Waals surface area contributed by atoms with Crippen LogP contribution in [-0.2, 0) is 19.4 Å². The summed E-state index contributed by atoms with van der Waals surface area (Å²) in [6.07, 6.45) is 26.6. The number of benzene rings is 1. The lowest BCUT2D eigenvalue weighted by Gasteiger charge is -2.16. The normalized spacial score (nSPS) is 14.6. The van der Waals surface area contributed by atoms with Gasteiger partial charge in [0.15, 0.2) is 0 Å². The summed E-state index contributed by atoms with van der Waals surface area (Å²) >= 11 is 6.04. The topological polar surface area (TPSA) is 17.8 Å². The minimum atomic E-state index is 0.805. The van der Waals surface area contributed by atoms with Crippen LogP contribution in [0.1, 0.15) is 116 Å². The molecular weight excluding hydrogens is 484 g/mol. The van der Waals surface area contributed by atoms with Gasteiger partial charge in [-0.1, -0.05) is 106 Å². The Balaban J connectivity index is 0.000000375. The molecule has 3 heteroatoms. The van der Waals surface area contributed by atoms with E-state index >= 15 is 0 Å². The van der Waals surface area contributed by atoms with Gasteiger partial charge in [-0.3, -0.25) is 0 Å². The van der Waals surface area contributed by atoms with Gasteiger partial charge in [0.05, 0.1) is 10.7 Å². The van der Waals surface area contributed by atoms with Crippen molar-refractivity contribution >= 4 is 23.3 Å². The number of allylic oxidation sites excluding steroid dienone is 4. The summed E-state index contributed by atoms with van der Waals surface area (Å²) in [7, 11) is 0.